The van der Waals surface area contributed by atoms with Crippen LogP contribution in [0.5, 0.6) is 0 Å². The van der Waals surface area contributed by atoms with Gasteiger partial charge in [-0.25, -0.2) is 4.98 Å². The lowest BCUT2D eigenvalue weighted by atomic mass is 10.1. The summed E-state index contributed by atoms with van der Waals surface area (Å²) in [6.45, 7) is 1.66. The normalized spacial score (nSPS) is 14.4. The van der Waals surface area contributed by atoms with Gasteiger partial charge >= 0.3 is 0 Å². The molecule has 0 unspecified atom stereocenters. The lowest BCUT2D eigenvalue weighted by Gasteiger charge is -2.26. The summed E-state index contributed by atoms with van der Waals surface area (Å²) in [6.07, 6.45) is 6.93. The molecule has 1 aliphatic heterocycles. The van der Waals surface area contributed by atoms with E-state index in [9.17, 15) is 4.79 Å². The first kappa shape index (κ1) is 15.4. The Labute approximate surface area is 146 Å². The Morgan fingerprint density at radius 2 is 1.96 bits per heavy atom. The van der Waals surface area contributed by atoms with E-state index in [2.05, 4.69) is 11.1 Å². The first-order valence-corrected chi connectivity index (χ1v) is 8.53. The van der Waals surface area contributed by atoms with Crippen LogP contribution in [0, 0.1) is 11.3 Å². The summed E-state index contributed by atoms with van der Waals surface area (Å²) in [6, 6.07) is 13.4. The van der Waals surface area contributed by atoms with Crippen LogP contribution in [0.25, 0.3) is 16.7 Å². The number of piperidine rings is 1. The molecule has 25 heavy (non-hydrogen) atoms. The van der Waals surface area contributed by atoms with Gasteiger partial charge in [-0.3, -0.25) is 4.79 Å². The van der Waals surface area contributed by atoms with Gasteiger partial charge in [-0.15, -0.1) is 0 Å². The summed E-state index contributed by atoms with van der Waals surface area (Å²) in [5.41, 5.74) is 2.91. The number of nitrogens with zero attached hydrogens (tertiary/aromatic N) is 4. The van der Waals surface area contributed by atoms with Crippen molar-refractivity contribution in [1.29, 1.82) is 5.26 Å². The molecule has 1 fully saturated rings. The highest BCUT2D eigenvalue weighted by atomic mass is 16.2. The van der Waals surface area contributed by atoms with Crippen molar-refractivity contribution < 1.29 is 4.79 Å². The first-order chi connectivity index (χ1) is 12.3. The molecule has 124 valence electrons. The van der Waals surface area contributed by atoms with Crippen molar-refractivity contribution in [2.45, 2.75) is 19.3 Å². The predicted octanol–water partition coefficient (Wildman–Crippen LogP) is 3.52. The molecule has 0 radical (unpaired) electrons. The molecule has 1 amide bonds. The third-order valence-corrected chi connectivity index (χ3v) is 4.67. The molecule has 2 aromatic heterocycles. The van der Waals surface area contributed by atoms with E-state index in [4.69, 9.17) is 5.26 Å². The van der Waals surface area contributed by atoms with Crippen molar-refractivity contribution in [3.63, 3.8) is 0 Å². The third kappa shape index (κ3) is 2.87. The zero-order chi connectivity index (χ0) is 17.2. The van der Waals surface area contributed by atoms with Gasteiger partial charge in [0, 0.05) is 36.6 Å². The van der Waals surface area contributed by atoms with Gasteiger partial charge in [0.15, 0.2) is 0 Å². The molecule has 0 aliphatic carbocycles. The van der Waals surface area contributed by atoms with Gasteiger partial charge in [0.1, 0.15) is 5.65 Å². The van der Waals surface area contributed by atoms with Crippen LogP contribution in [0.15, 0.2) is 48.8 Å². The molecular formula is C20H18N4O. The summed E-state index contributed by atoms with van der Waals surface area (Å²) in [7, 11) is 0. The molecule has 5 heteroatoms. The van der Waals surface area contributed by atoms with Gasteiger partial charge in [-0.1, -0.05) is 6.07 Å². The Kier molecular flexibility index (Phi) is 3.95. The monoisotopic (exact) mass is 330 g/mol. The zero-order valence-electron chi connectivity index (χ0n) is 13.9. The number of carbonyl (C=O) groups is 1. The molecule has 0 atom stereocenters. The number of pyridine rings is 1. The van der Waals surface area contributed by atoms with E-state index >= 15 is 0 Å². The summed E-state index contributed by atoms with van der Waals surface area (Å²) < 4.78 is 1.94. The second-order valence-electron chi connectivity index (χ2n) is 6.34. The van der Waals surface area contributed by atoms with Gasteiger partial charge in [0.2, 0.25) is 0 Å². The number of benzene rings is 1. The first-order valence-electron chi connectivity index (χ1n) is 8.53. The van der Waals surface area contributed by atoms with Gasteiger partial charge < -0.3 is 9.47 Å². The number of aromatic nitrogens is 2. The molecule has 0 saturated carbocycles. The molecule has 5 nitrogen and oxygen atoms in total. The highest BCUT2D eigenvalue weighted by Crippen LogP contribution is 2.21. The van der Waals surface area contributed by atoms with Crippen LogP contribution in [0.2, 0.25) is 0 Å². The van der Waals surface area contributed by atoms with Crippen LogP contribution in [0.3, 0.4) is 0 Å². The fourth-order valence-electron chi connectivity index (χ4n) is 3.35. The molecule has 4 rings (SSSR count). The molecule has 3 heterocycles. The standard InChI is InChI=1S/C20H18N4O/c21-13-15-5-4-6-18(11-15)24-10-7-16-12-17(14-22-19(16)24)20(25)23-8-2-1-3-9-23/h4-7,10-12,14H,1-3,8-9H2. The average molecular weight is 330 g/mol. The van der Waals surface area contributed by atoms with Gasteiger partial charge in [0.05, 0.1) is 17.2 Å². The summed E-state index contributed by atoms with van der Waals surface area (Å²) in [5.74, 6) is 0.0633. The van der Waals surface area contributed by atoms with Crippen LogP contribution in [-0.4, -0.2) is 33.4 Å². The van der Waals surface area contributed by atoms with Gasteiger partial charge in [-0.2, -0.15) is 5.26 Å². The lowest BCUT2D eigenvalue weighted by Crippen LogP contribution is -2.35. The third-order valence-electron chi connectivity index (χ3n) is 4.67. The molecule has 0 bridgehead atoms. The molecule has 3 aromatic rings. The fraction of sp³-hybridized carbons (Fsp3) is 0.250. The molecule has 1 aromatic carbocycles. The molecule has 1 saturated heterocycles. The van der Waals surface area contributed by atoms with Crippen LogP contribution < -0.4 is 0 Å². The summed E-state index contributed by atoms with van der Waals surface area (Å²) in [4.78, 5) is 19.1. The van der Waals surface area contributed by atoms with E-state index in [-0.39, 0.29) is 5.91 Å². The number of fused-ring (bicyclic) bond motifs is 1. The lowest BCUT2D eigenvalue weighted by molar-refractivity contribution is 0.0724. The number of likely N-dealkylation sites (tertiary alicyclic amines) is 1. The number of hydrogen-bond acceptors (Lipinski definition) is 3. The maximum atomic E-state index is 12.6. The van der Waals surface area contributed by atoms with Crippen molar-refractivity contribution >= 4 is 16.9 Å². The quantitative estimate of drug-likeness (QED) is 0.722. The maximum Gasteiger partial charge on any atom is 0.255 e. The van der Waals surface area contributed by atoms with E-state index in [0.717, 1.165) is 42.7 Å². The minimum absolute atomic E-state index is 0.0633. The summed E-state index contributed by atoms with van der Waals surface area (Å²) >= 11 is 0. The van der Waals surface area contributed by atoms with E-state index in [1.165, 1.54) is 6.42 Å². The van der Waals surface area contributed by atoms with E-state index in [0.29, 0.717) is 11.1 Å². The van der Waals surface area contributed by atoms with Crippen LogP contribution in [0.1, 0.15) is 35.2 Å². The zero-order valence-corrected chi connectivity index (χ0v) is 13.9. The Bertz CT molecular complexity index is 977. The largest absolute Gasteiger partial charge is 0.339 e. The molecule has 0 N–H and O–H groups in total. The molecule has 1 aliphatic rings. The highest BCUT2D eigenvalue weighted by molar-refractivity contribution is 5.97. The SMILES string of the molecule is N#Cc1cccc(-n2ccc3cc(C(=O)N4CCCCC4)cnc32)c1. The fourth-order valence-corrected chi connectivity index (χ4v) is 3.35. The number of carbonyl (C=O) groups excluding carboxylic acids is 1. The summed E-state index contributed by atoms with van der Waals surface area (Å²) in [5, 5.41) is 10.00. The van der Waals surface area contributed by atoms with Gasteiger partial charge in [0.25, 0.3) is 5.91 Å². The van der Waals surface area contributed by atoms with E-state index in [1.807, 2.05) is 46.0 Å². The van der Waals surface area contributed by atoms with Crippen molar-refractivity contribution in [3.05, 3.63) is 59.9 Å². The molecular weight excluding hydrogens is 312 g/mol. The number of amides is 1. The number of rotatable bonds is 2. The highest BCUT2D eigenvalue weighted by Gasteiger charge is 2.19. The van der Waals surface area contributed by atoms with Crippen LogP contribution >= 0.6 is 0 Å². The minimum atomic E-state index is 0.0633. The average Bonchev–Trinajstić information content (AvgIpc) is 3.11. The van der Waals surface area contributed by atoms with Gasteiger partial charge in [-0.05, 0) is 49.6 Å². The van der Waals surface area contributed by atoms with Crippen molar-refractivity contribution in [3.8, 4) is 11.8 Å². The topological polar surface area (TPSA) is 61.9 Å². The number of hydrogen-bond donors (Lipinski definition) is 0. The van der Waals surface area contributed by atoms with E-state index < -0.39 is 0 Å². The smallest absolute Gasteiger partial charge is 0.255 e. The van der Waals surface area contributed by atoms with E-state index in [1.54, 1.807) is 12.3 Å². The Balaban J connectivity index is 1.69. The second-order valence-corrected chi connectivity index (χ2v) is 6.34. The molecule has 0 spiro atoms. The predicted molar refractivity (Wildman–Crippen MR) is 95.5 cm³/mol. The van der Waals surface area contributed by atoms with Crippen molar-refractivity contribution in [2.75, 3.05) is 13.1 Å². The van der Waals surface area contributed by atoms with Crippen molar-refractivity contribution in [1.82, 2.24) is 14.5 Å². The number of nitriles is 1. The Morgan fingerprint density at radius 1 is 1.12 bits per heavy atom. The maximum absolute atomic E-state index is 12.6. The van der Waals surface area contributed by atoms with Crippen molar-refractivity contribution in [2.24, 2.45) is 0 Å². The Hall–Kier alpha value is -3.13. The second kappa shape index (κ2) is 6.40. The Morgan fingerprint density at radius 3 is 2.76 bits per heavy atom. The van der Waals surface area contributed by atoms with Crippen LogP contribution in [-0.2, 0) is 0 Å². The van der Waals surface area contributed by atoms with Crippen LogP contribution in [0.4, 0.5) is 0 Å². The minimum Gasteiger partial charge on any atom is -0.339 e.